The summed E-state index contributed by atoms with van der Waals surface area (Å²) in [5, 5.41) is 12.6. The van der Waals surface area contributed by atoms with Crippen LogP contribution >= 0.6 is 35.0 Å². The normalized spacial score (nSPS) is 10.6. The summed E-state index contributed by atoms with van der Waals surface area (Å²) >= 11 is 13.4. The Labute approximate surface area is 194 Å². The number of halogens is 2. The molecule has 0 aliphatic carbocycles. The number of carbonyl (C=O) groups excluding carboxylic acids is 1. The van der Waals surface area contributed by atoms with Gasteiger partial charge in [-0.1, -0.05) is 47.1 Å². The van der Waals surface area contributed by atoms with Crippen LogP contribution in [0.1, 0.15) is 0 Å². The molecule has 2 aromatic carbocycles. The number of hydrogen-bond donors (Lipinski definition) is 1. The summed E-state index contributed by atoms with van der Waals surface area (Å²) in [6.45, 7) is 4.28. The highest BCUT2D eigenvalue weighted by Crippen LogP contribution is 2.33. The van der Waals surface area contributed by atoms with Crippen molar-refractivity contribution in [2.45, 2.75) is 11.7 Å². The molecule has 0 radical (unpaired) electrons. The monoisotopic (exact) mass is 478 g/mol. The molecule has 10 heteroatoms. The number of methoxy groups -OCH3 is 2. The number of hydrogen-bond acceptors (Lipinski definition) is 6. The Kier molecular flexibility index (Phi) is 7.84. The zero-order chi connectivity index (χ0) is 22.4. The Morgan fingerprint density at radius 2 is 1.97 bits per heavy atom. The molecule has 0 bridgehead atoms. The standard InChI is InChI=1S/C21H20Cl2N4O3S/c1-4-10-27-20(13-8-9-16(29-2)17(11-13)30-3)25-26-21(27)31-12-18(28)24-15-7-5-6-14(22)19(15)23/h4-9,11H,1,10,12H2,2-3H3,(H,24,28). The van der Waals surface area contributed by atoms with Gasteiger partial charge in [-0.3, -0.25) is 9.36 Å². The SMILES string of the molecule is C=CCn1c(SCC(=O)Nc2cccc(Cl)c2Cl)nnc1-c1ccc(OC)c(OC)c1. The highest BCUT2D eigenvalue weighted by Gasteiger charge is 2.17. The van der Waals surface area contributed by atoms with E-state index >= 15 is 0 Å². The molecule has 1 N–H and O–H groups in total. The molecule has 3 rings (SSSR count). The van der Waals surface area contributed by atoms with Gasteiger partial charge >= 0.3 is 0 Å². The van der Waals surface area contributed by atoms with Crippen molar-refractivity contribution in [2.24, 2.45) is 0 Å². The second kappa shape index (κ2) is 10.6. The van der Waals surface area contributed by atoms with Gasteiger partial charge in [0.15, 0.2) is 22.5 Å². The maximum Gasteiger partial charge on any atom is 0.234 e. The van der Waals surface area contributed by atoms with Crippen LogP contribution in [0.15, 0.2) is 54.2 Å². The fraction of sp³-hybridized carbons (Fsp3) is 0.190. The van der Waals surface area contributed by atoms with E-state index in [0.29, 0.717) is 44.8 Å². The molecule has 0 spiro atoms. The van der Waals surface area contributed by atoms with Gasteiger partial charge in [-0.2, -0.15) is 0 Å². The number of thioether (sulfide) groups is 1. The fourth-order valence-electron chi connectivity index (χ4n) is 2.79. The largest absolute Gasteiger partial charge is 0.493 e. The molecule has 0 aliphatic heterocycles. The first-order chi connectivity index (χ1) is 15.0. The minimum absolute atomic E-state index is 0.115. The van der Waals surface area contributed by atoms with Crippen molar-refractivity contribution in [3.05, 3.63) is 59.1 Å². The van der Waals surface area contributed by atoms with Crippen molar-refractivity contribution in [1.82, 2.24) is 14.8 Å². The highest BCUT2D eigenvalue weighted by atomic mass is 35.5. The summed E-state index contributed by atoms with van der Waals surface area (Å²) in [5.74, 6) is 1.70. The van der Waals surface area contributed by atoms with E-state index in [1.54, 1.807) is 44.6 Å². The number of benzene rings is 2. The number of rotatable bonds is 9. The van der Waals surface area contributed by atoms with Crippen LogP contribution in [0.5, 0.6) is 11.5 Å². The lowest BCUT2D eigenvalue weighted by Crippen LogP contribution is -2.15. The molecule has 0 aliphatic rings. The van der Waals surface area contributed by atoms with Crippen LogP contribution in [0.3, 0.4) is 0 Å². The maximum absolute atomic E-state index is 12.4. The van der Waals surface area contributed by atoms with E-state index < -0.39 is 0 Å². The lowest BCUT2D eigenvalue weighted by atomic mass is 10.2. The second-order valence-electron chi connectivity index (χ2n) is 6.21. The third-order valence-corrected chi connectivity index (χ3v) is 6.01. The topological polar surface area (TPSA) is 78.3 Å². The van der Waals surface area contributed by atoms with E-state index in [-0.39, 0.29) is 11.7 Å². The molecule has 0 fully saturated rings. The average molecular weight is 479 g/mol. The van der Waals surface area contributed by atoms with Gasteiger partial charge in [0.1, 0.15) is 0 Å². The average Bonchev–Trinajstić information content (AvgIpc) is 3.17. The molecule has 1 heterocycles. The molecule has 1 amide bonds. The van der Waals surface area contributed by atoms with E-state index in [9.17, 15) is 4.79 Å². The zero-order valence-electron chi connectivity index (χ0n) is 16.9. The molecule has 0 unspecified atom stereocenters. The van der Waals surface area contributed by atoms with E-state index in [1.165, 1.54) is 11.8 Å². The molecule has 0 saturated carbocycles. The minimum atomic E-state index is -0.241. The van der Waals surface area contributed by atoms with Crippen LogP contribution in [-0.4, -0.2) is 40.6 Å². The molecule has 162 valence electrons. The summed E-state index contributed by atoms with van der Waals surface area (Å²) < 4.78 is 12.5. The Bertz CT molecular complexity index is 1100. The quantitative estimate of drug-likeness (QED) is 0.336. The Morgan fingerprint density at radius 1 is 1.19 bits per heavy atom. The van der Waals surface area contributed by atoms with Crippen LogP contribution in [-0.2, 0) is 11.3 Å². The number of amides is 1. The second-order valence-corrected chi connectivity index (χ2v) is 7.94. The van der Waals surface area contributed by atoms with Gasteiger partial charge in [-0.05, 0) is 30.3 Å². The predicted molar refractivity (Wildman–Crippen MR) is 125 cm³/mol. The molecular weight excluding hydrogens is 459 g/mol. The minimum Gasteiger partial charge on any atom is -0.493 e. The number of anilines is 1. The lowest BCUT2D eigenvalue weighted by Gasteiger charge is -2.11. The number of aromatic nitrogens is 3. The summed E-state index contributed by atoms with van der Waals surface area (Å²) in [4.78, 5) is 12.4. The van der Waals surface area contributed by atoms with Crippen molar-refractivity contribution in [1.29, 1.82) is 0 Å². The first kappa shape index (κ1) is 23.0. The molecule has 0 saturated heterocycles. The highest BCUT2D eigenvalue weighted by molar-refractivity contribution is 7.99. The van der Waals surface area contributed by atoms with Crippen LogP contribution in [0.4, 0.5) is 5.69 Å². The summed E-state index contributed by atoms with van der Waals surface area (Å²) in [6, 6.07) is 10.6. The van der Waals surface area contributed by atoms with Gasteiger partial charge in [0.05, 0.1) is 35.7 Å². The fourth-order valence-corrected chi connectivity index (χ4v) is 3.89. The van der Waals surface area contributed by atoms with Gasteiger partial charge in [0.25, 0.3) is 0 Å². The van der Waals surface area contributed by atoms with Crippen molar-refractivity contribution < 1.29 is 14.3 Å². The lowest BCUT2D eigenvalue weighted by molar-refractivity contribution is -0.113. The van der Waals surface area contributed by atoms with Crippen molar-refractivity contribution in [2.75, 3.05) is 25.3 Å². The number of carbonyl (C=O) groups is 1. The van der Waals surface area contributed by atoms with Gasteiger partial charge in [0.2, 0.25) is 5.91 Å². The van der Waals surface area contributed by atoms with Crippen molar-refractivity contribution >= 4 is 46.6 Å². The van der Waals surface area contributed by atoms with Gasteiger partial charge in [-0.25, -0.2) is 0 Å². The van der Waals surface area contributed by atoms with Crippen molar-refractivity contribution in [3.8, 4) is 22.9 Å². The number of nitrogens with zero attached hydrogens (tertiary/aromatic N) is 3. The Balaban J connectivity index is 1.78. The number of nitrogens with one attached hydrogen (secondary N) is 1. The van der Waals surface area contributed by atoms with Gasteiger partial charge < -0.3 is 14.8 Å². The molecular formula is C21H20Cl2N4O3S. The summed E-state index contributed by atoms with van der Waals surface area (Å²) in [6.07, 6.45) is 1.74. The molecule has 31 heavy (non-hydrogen) atoms. The van der Waals surface area contributed by atoms with E-state index in [4.69, 9.17) is 32.7 Å². The third-order valence-electron chi connectivity index (χ3n) is 4.23. The van der Waals surface area contributed by atoms with Crippen molar-refractivity contribution in [3.63, 3.8) is 0 Å². The number of ether oxygens (including phenoxy) is 2. The summed E-state index contributed by atoms with van der Waals surface area (Å²) in [7, 11) is 3.15. The van der Waals surface area contributed by atoms with Gasteiger partial charge in [-0.15, -0.1) is 16.8 Å². The third kappa shape index (κ3) is 5.33. The first-order valence-electron chi connectivity index (χ1n) is 9.11. The zero-order valence-corrected chi connectivity index (χ0v) is 19.2. The Morgan fingerprint density at radius 3 is 2.68 bits per heavy atom. The molecule has 7 nitrogen and oxygen atoms in total. The van der Waals surface area contributed by atoms with Crippen LogP contribution < -0.4 is 14.8 Å². The first-order valence-corrected chi connectivity index (χ1v) is 10.9. The van der Waals surface area contributed by atoms with Crippen LogP contribution in [0, 0.1) is 0 Å². The molecule has 1 aromatic heterocycles. The van der Waals surface area contributed by atoms with E-state index in [0.717, 1.165) is 5.56 Å². The number of allylic oxidation sites excluding steroid dienone is 1. The summed E-state index contributed by atoms with van der Waals surface area (Å²) in [5.41, 5.74) is 1.26. The molecule has 3 aromatic rings. The maximum atomic E-state index is 12.4. The Hall–Kier alpha value is -2.68. The van der Waals surface area contributed by atoms with Crippen LogP contribution in [0.2, 0.25) is 10.0 Å². The molecule has 0 atom stereocenters. The van der Waals surface area contributed by atoms with E-state index in [2.05, 4.69) is 22.1 Å². The smallest absolute Gasteiger partial charge is 0.234 e. The van der Waals surface area contributed by atoms with Gasteiger partial charge in [0, 0.05) is 12.1 Å². The predicted octanol–water partition coefficient (Wildman–Crippen LogP) is 5.19. The van der Waals surface area contributed by atoms with Crippen LogP contribution in [0.25, 0.3) is 11.4 Å². The van der Waals surface area contributed by atoms with E-state index in [1.807, 2.05) is 16.7 Å².